The third-order valence-corrected chi connectivity index (χ3v) is 3.01. The fourth-order valence-corrected chi connectivity index (χ4v) is 1.91. The Bertz CT molecular complexity index is 373. The second kappa shape index (κ2) is 6.78. The minimum atomic E-state index is -0.465. The Morgan fingerprint density at radius 1 is 1.33 bits per heavy atom. The Hall–Kier alpha value is -1.03. The summed E-state index contributed by atoms with van der Waals surface area (Å²) in [5, 5.41) is 3.56. The van der Waals surface area contributed by atoms with Gasteiger partial charge in [0.25, 0.3) is 0 Å². The van der Waals surface area contributed by atoms with Gasteiger partial charge in [0.05, 0.1) is 0 Å². The highest BCUT2D eigenvalue weighted by molar-refractivity contribution is 9.09. The van der Waals surface area contributed by atoms with Gasteiger partial charge >= 0.3 is 6.09 Å². The van der Waals surface area contributed by atoms with Crippen molar-refractivity contribution in [2.45, 2.75) is 38.8 Å². The molecule has 0 aliphatic heterocycles. The maximum atomic E-state index is 11.7. The van der Waals surface area contributed by atoms with Crippen LogP contribution in [0.25, 0.3) is 0 Å². The molecule has 0 saturated carbocycles. The molecule has 0 radical (unpaired) electrons. The largest absolute Gasteiger partial charge is 0.444 e. The lowest BCUT2D eigenvalue weighted by atomic mass is 10.1. The third-order valence-electron chi connectivity index (χ3n) is 2.23. The van der Waals surface area contributed by atoms with E-state index < -0.39 is 5.60 Å². The van der Waals surface area contributed by atoms with Crippen molar-refractivity contribution in [2.24, 2.45) is 0 Å². The second-order valence-corrected chi connectivity index (χ2v) is 5.83. The van der Waals surface area contributed by atoms with Gasteiger partial charge in [-0.1, -0.05) is 46.3 Å². The van der Waals surface area contributed by atoms with Crippen molar-refractivity contribution in [3.05, 3.63) is 35.9 Å². The predicted molar refractivity (Wildman–Crippen MR) is 77.1 cm³/mol. The Morgan fingerprint density at radius 2 is 1.94 bits per heavy atom. The number of carbonyl (C=O) groups is 1. The summed E-state index contributed by atoms with van der Waals surface area (Å²) in [5.74, 6) is 0. The normalized spacial score (nSPS) is 12.9. The van der Waals surface area contributed by atoms with Crippen LogP contribution >= 0.6 is 15.9 Å². The zero-order chi connectivity index (χ0) is 13.6. The summed E-state index contributed by atoms with van der Waals surface area (Å²) in [4.78, 5) is 11.7. The molecule has 0 fully saturated rings. The van der Waals surface area contributed by atoms with E-state index in [1.807, 2.05) is 51.1 Å². The topological polar surface area (TPSA) is 38.3 Å². The molecule has 3 nitrogen and oxygen atoms in total. The first-order valence-electron chi connectivity index (χ1n) is 6.00. The molecule has 1 atom stereocenters. The molecule has 1 amide bonds. The van der Waals surface area contributed by atoms with E-state index in [1.165, 1.54) is 5.56 Å². The number of ether oxygens (including phenoxy) is 1. The predicted octanol–water partition coefficient (Wildman–Crippen LogP) is 3.52. The summed E-state index contributed by atoms with van der Waals surface area (Å²) in [6, 6.07) is 10.1. The zero-order valence-corrected chi connectivity index (χ0v) is 12.7. The van der Waals surface area contributed by atoms with Crippen LogP contribution in [0.15, 0.2) is 30.3 Å². The Kier molecular flexibility index (Phi) is 5.66. The van der Waals surface area contributed by atoms with Gasteiger partial charge in [-0.3, -0.25) is 0 Å². The summed E-state index contributed by atoms with van der Waals surface area (Å²) >= 11 is 3.41. The SMILES string of the molecule is CC(C)(C)OC(=O)N[C@@H](CBr)Cc1ccccc1. The number of nitrogens with one attached hydrogen (secondary N) is 1. The molecule has 0 aliphatic rings. The van der Waals surface area contributed by atoms with E-state index in [0.29, 0.717) is 5.33 Å². The molecule has 0 unspecified atom stereocenters. The van der Waals surface area contributed by atoms with Crippen LogP contribution in [0.1, 0.15) is 26.3 Å². The van der Waals surface area contributed by atoms with Crippen LogP contribution in [0.5, 0.6) is 0 Å². The van der Waals surface area contributed by atoms with E-state index in [2.05, 4.69) is 21.2 Å². The zero-order valence-electron chi connectivity index (χ0n) is 11.1. The van der Waals surface area contributed by atoms with Gasteiger partial charge in [-0.15, -0.1) is 0 Å². The van der Waals surface area contributed by atoms with Gasteiger partial charge in [-0.05, 0) is 32.8 Å². The lowest BCUT2D eigenvalue weighted by Gasteiger charge is -2.22. The molecule has 0 heterocycles. The summed E-state index contributed by atoms with van der Waals surface area (Å²) in [5.41, 5.74) is 0.728. The molecule has 0 aromatic heterocycles. The lowest BCUT2D eigenvalue weighted by Crippen LogP contribution is -2.41. The first-order chi connectivity index (χ1) is 8.40. The van der Waals surface area contributed by atoms with Gasteiger partial charge in [0.1, 0.15) is 5.60 Å². The Balaban J connectivity index is 2.50. The van der Waals surface area contributed by atoms with Gasteiger partial charge in [-0.25, -0.2) is 4.79 Å². The molecule has 1 rings (SSSR count). The Labute approximate surface area is 117 Å². The molecule has 4 heteroatoms. The van der Waals surface area contributed by atoms with Crippen LogP contribution in [-0.4, -0.2) is 23.1 Å². The lowest BCUT2D eigenvalue weighted by molar-refractivity contribution is 0.0510. The molecule has 1 aromatic carbocycles. The monoisotopic (exact) mass is 313 g/mol. The highest BCUT2D eigenvalue weighted by Gasteiger charge is 2.19. The number of rotatable bonds is 4. The van der Waals surface area contributed by atoms with Crippen molar-refractivity contribution in [1.82, 2.24) is 5.32 Å². The number of alkyl carbamates (subject to hydrolysis) is 1. The van der Waals surface area contributed by atoms with Crippen molar-refractivity contribution in [3.63, 3.8) is 0 Å². The molecule has 100 valence electrons. The number of hydrogen-bond acceptors (Lipinski definition) is 2. The highest BCUT2D eigenvalue weighted by atomic mass is 79.9. The minimum absolute atomic E-state index is 0.0299. The first kappa shape index (κ1) is 15.0. The van der Waals surface area contributed by atoms with Crippen LogP contribution in [0.3, 0.4) is 0 Å². The fourth-order valence-electron chi connectivity index (χ4n) is 1.52. The quantitative estimate of drug-likeness (QED) is 0.864. The van der Waals surface area contributed by atoms with Crippen molar-refractivity contribution in [2.75, 3.05) is 5.33 Å². The number of amides is 1. The van der Waals surface area contributed by atoms with Gasteiger partial charge < -0.3 is 10.1 Å². The van der Waals surface area contributed by atoms with E-state index in [0.717, 1.165) is 6.42 Å². The maximum absolute atomic E-state index is 11.7. The molecule has 0 aliphatic carbocycles. The number of alkyl halides is 1. The third kappa shape index (κ3) is 6.05. The van der Waals surface area contributed by atoms with Gasteiger partial charge in [0.15, 0.2) is 0 Å². The van der Waals surface area contributed by atoms with Crippen molar-refractivity contribution >= 4 is 22.0 Å². The molecule has 0 spiro atoms. The average molecular weight is 314 g/mol. The number of benzene rings is 1. The summed E-state index contributed by atoms with van der Waals surface area (Å²) < 4.78 is 5.24. The highest BCUT2D eigenvalue weighted by Crippen LogP contribution is 2.09. The summed E-state index contributed by atoms with van der Waals surface area (Å²) in [6.07, 6.45) is 0.411. The molecule has 0 bridgehead atoms. The van der Waals surface area contributed by atoms with Gasteiger partial charge in [0.2, 0.25) is 0 Å². The van der Waals surface area contributed by atoms with E-state index >= 15 is 0 Å². The second-order valence-electron chi connectivity index (χ2n) is 5.19. The minimum Gasteiger partial charge on any atom is -0.444 e. The number of halogens is 1. The summed E-state index contributed by atoms with van der Waals surface area (Å²) in [6.45, 7) is 5.56. The maximum Gasteiger partial charge on any atom is 0.407 e. The first-order valence-corrected chi connectivity index (χ1v) is 7.12. The molecule has 1 aromatic rings. The Morgan fingerprint density at radius 3 is 2.44 bits per heavy atom. The number of carbonyl (C=O) groups excluding carboxylic acids is 1. The van der Waals surface area contributed by atoms with Crippen molar-refractivity contribution in [3.8, 4) is 0 Å². The van der Waals surface area contributed by atoms with Crippen LogP contribution in [-0.2, 0) is 11.2 Å². The smallest absolute Gasteiger partial charge is 0.407 e. The standard InChI is InChI=1S/C14H20BrNO2/c1-14(2,3)18-13(17)16-12(10-15)9-11-7-5-4-6-8-11/h4-8,12H,9-10H2,1-3H3,(H,16,17)/t12-/m1/s1. The van der Waals surface area contributed by atoms with Crippen molar-refractivity contribution < 1.29 is 9.53 Å². The van der Waals surface area contributed by atoms with Crippen molar-refractivity contribution in [1.29, 1.82) is 0 Å². The average Bonchev–Trinajstić information content (AvgIpc) is 2.27. The molecular weight excluding hydrogens is 294 g/mol. The van der Waals surface area contributed by atoms with E-state index in [1.54, 1.807) is 0 Å². The van der Waals surface area contributed by atoms with E-state index in [9.17, 15) is 4.79 Å². The molecule has 0 saturated heterocycles. The van der Waals surface area contributed by atoms with E-state index in [4.69, 9.17) is 4.74 Å². The van der Waals surface area contributed by atoms with Crippen LogP contribution in [0.4, 0.5) is 4.79 Å². The van der Waals surface area contributed by atoms with Crippen LogP contribution in [0, 0.1) is 0 Å². The molecule has 18 heavy (non-hydrogen) atoms. The van der Waals surface area contributed by atoms with E-state index in [-0.39, 0.29) is 12.1 Å². The fraction of sp³-hybridized carbons (Fsp3) is 0.500. The molecular formula is C14H20BrNO2. The van der Waals surface area contributed by atoms with Gasteiger partial charge in [0, 0.05) is 11.4 Å². The van der Waals surface area contributed by atoms with Crippen LogP contribution in [0.2, 0.25) is 0 Å². The van der Waals surface area contributed by atoms with Gasteiger partial charge in [-0.2, -0.15) is 0 Å². The summed E-state index contributed by atoms with van der Waals surface area (Å²) in [7, 11) is 0. The van der Waals surface area contributed by atoms with Crippen LogP contribution < -0.4 is 5.32 Å². The number of hydrogen-bond donors (Lipinski definition) is 1. The molecule has 1 N–H and O–H groups in total.